The van der Waals surface area contributed by atoms with Crippen LogP contribution in [0.4, 0.5) is 5.69 Å². The molecule has 0 fully saturated rings. The van der Waals surface area contributed by atoms with E-state index in [4.69, 9.17) is 28.6 Å². The van der Waals surface area contributed by atoms with Gasteiger partial charge in [0.25, 0.3) is 0 Å². The van der Waals surface area contributed by atoms with Crippen molar-refractivity contribution in [2.45, 2.75) is 18.8 Å². The van der Waals surface area contributed by atoms with Gasteiger partial charge in [-0.1, -0.05) is 72.3 Å². The van der Waals surface area contributed by atoms with Gasteiger partial charge in [0.15, 0.2) is 6.23 Å². The largest absolute Gasteiger partial charge is 0.356 e. The first kappa shape index (κ1) is 17.2. The van der Waals surface area contributed by atoms with Crippen molar-refractivity contribution in [3.8, 4) is 11.1 Å². The second kappa shape index (κ2) is 6.84. The molecule has 1 aliphatic heterocycles. The van der Waals surface area contributed by atoms with Gasteiger partial charge < -0.3 is 10.1 Å². The van der Waals surface area contributed by atoms with Gasteiger partial charge in [0.05, 0.1) is 0 Å². The average Bonchev–Trinajstić information content (AvgIpc) is 2.68. The summed E-state index contributed by atoms with van der Waals surface area (Å²) in [4.78, 5) is 0. The molecule has 0 aliphatic carbocycles. The van der Waals surface area contributed by atoms with E-state index < -0.39 is 5.60 Å². The monoisotopic (exact) mass is 379 g/mol. The highest BCUT2D eigenvalue weighted by Gasteiger charge is 2.38. The van der Waals surface area contributed by atoms with Crippen LogP contribution in [0.1, 0.15) is 18.1 Å². The molecule has 0 amide bonds. The van der Waals surface area contributed by atoms with E-state index in [0.29, 0.717) is 0 Å². The molecule has 2 unspecified atom stereocenters. The van der Waals surface area contributed by atoms with Gasteiger partial charge >= 0.3 is 0 Å². The van der Waals surface area contributed by atoms with E-state index in [9.17, 15) is 0 Å². The maximum atomic E-state index is 6.35. The molecule has 0 saturated carbocycles. The summed E-state index contributed by atoms with van der Waals surface area (Å²) in [6, 6.07) is 24.5. The van der Waals surface area contributed by atoms with Crippen LogP contribution >= 0.6 is 23.8 Å². The fourth-order valence-electron chi connectivity index (χ4n) is 3.45. The number of hydrogen-bond donors (Lipinski definition) is 1. The molecule has 0 radical (unpaired) electrons. The van der Waals surface area contributed by atoms with Crippen molar-refractivity contribution in [1.29, 1.82) is 0 Å². The molecule has 1 aliphatic rings. The quantitative estimate of drug-likeness (QED) is 0.560. The molecule has 2 nitrogen and oxygen atoms in total. The fraction of sp³-hybridized carbons (Fsp3) is 0.136. The summed E-state index contributed by atoms with van der Waals surface area (Å²) < 4.78 is 6.35. The summed E-state index contributed by atoms with van der Waals surface area (Å²) in [5.41, 5.74) is 4.77. The van der Waals surface area contributed by atoms with Crippen LogP contribution in [-0.4, -0.2) is 11.6 Å². The van der Waals surface area contributed by atoms with Crippen LogP contribution in [0.3, 0.4) is 0 Å². The number of hydrogen-bond acceptors (Lipinski definition) is 3. The topological polar surface area (TPSA) is 21.3 Å². The smallest absolute Gasteiger partial charge is 0.158 e. The van der Waals surface area contributed by atoms with Crippen LogP contribution in [0.2, 0.25) is 5.02 Å². The Bertz CT molecular complexity index is 959. The number of fused-ring (bicyclic) bond motifs is 1. The summed E-state index contributed by atoms with van der Waals surface area (Å²) in [6.45, 7) is 2.09. The van der Waals surface area contributed by atoms with Crippen molar-refractivity contribution >= 4 is 34.9 Å². The van der Waals surface area contributed by atoms with Crippen molar-refractivity contribution in [1.82, 2.24) is 0 Å². The van der Waals surface area contributed by atoms with Gasteiger partial charge in [-0.2, -0.15) is 0 Å². The van der Waals surface area contributed by atoms with E-state index in [2.05, 4.69) is 48.6 Å². The minimum Gasteiger partial charge on any atom is -0.356 e. The van der Waals surface area contributed by atoms with Crippen LogP contribution in [0.15, 0.2) is 72.8 Å². The molecule has 3 aromatic rings. The van der Waals surface area contributed by atoms with Crippen molar-refractivity contribution in [3.63, 3.8) is 0 Å². The Balaban J connectivity index is 1.89. The summed E-state index contributed by atoms with van der Waals surface area (Å²) in [5.74, 6) is 0. The standard InChI is InChI=1S/C22H18ClNOS/c1-22(17-7-3-2-4-8-17)19-13-16(15-6-5-9-18(23)12-15)10-11-20(19)24-21(14-26)25-22/h2-14,21,24H,1H3. The molecule has 0 saturated heterocycles. The minimum atomic E-state index is -0.601. The molecular formula is C22H18ClNOS. The zero-order chi connectivity index (χ0) is 18.1. The van der Waals surface area contributed by atoms with Crippen molar-refractivity contribution < 1.29 is 4.74 Å². The number of rotatable bonds is 3. The summed E-state index contributed by atoms with van der Waals surface area (Å²) in [5, 5.41) is 5.70. The lowest BCUT2D eigenvalue weighted by Crippen LogP contribution is -2.42. The van der Waals surface area contributed by atoms with E-state index >= 15 is 0 Å². The van der Waals surface area contributed by atoms with E-state index in [0.717, 1.165) is 33.0 Å². The molecule has 130 valence electrons. The number of thiocarbonyl (C=S) groups is 1. The Morgan fingerprint density at radius 2 is 1.77 bits per heavy atom. The number of halogens is 1. The van der Waals surface area contributed by atoms with Gasteiger partial charge in [0.1, 0.15) is 5.60 Å². The molecule has 26 heavy (non-hydrogen) atoms. The van der Waals surface area contributed by atoms with E-state index in [1.165, 1.54) is 0 Å². The lowest BCUT2D eigenvalue weighted by Gasteiger charge is -2.40. The maximum Gasteiger partial charge on any atom is 0.158 e. The Morgan fingerprint density at radius 3 is 2.50 bits per heavy atom. The molecule has 0 spiro atoms. The molecular weight excluding hydrogens is 362 g/mol. The van der Waals surface area contributed by atoms with Crippen molar-refractivity contribution in [3.05, 3.63) is 88.9 Å². The minimum absolute atomic E-state index is 0.320. The number of nitrogens with one attached hydrogen (secondary N) is 1. The third kappa shape index (κ3) is 3.03. The lowest BCUT2D eigenvalue weighted by molar-refractivity contribution is -0.0237. The molecule has 1 heterocycles. The zero-order valence-electron chi connectivity index (χ0n) is 14.3. The van der Waals surface area contributed by atoms with Crippen LogP contribution in [0.5, 0.6) is 0 Å². The molecule has 2 atom stereocenters. The summed E-state index contributed by atoms with van der Waals surface area (Å²) in [6.07, 6.45) is -0.320. The molecule has 3 aromatic carbocycles. The first-order chi connectivity index (χ1) is 12.6. The number of benzene rings is 3. The Kier molecular flexibility index (Phi) is 4.53. The first-order valence-electron chi connectivity index (χ1n) is 8.46. The van der Waals surface area contributed by atoms with Gasteiger partial charge in [-0.05, 0) is 47.9 Å². The fourth-order valence-corrected chi connectivity index (χ4v) is 3.77. The van der Waals surface area contributed by atoms with Gasteiger partial charge in [-0.25, -0.2) is 0 Å². The Morgan fingerprint density at radius 1 is 1.00 bits per heavy atom. The normalized spacial score (nSPS) is 21.5. The highest BCUT2D eigenvalue weighted by atomic mass is 35.5. The Hall–Kier alpha value is -2.20. The number of ether oxygens (including phenoxy) is 1. The molecule has 4 rings (SSSR count). The average molecular weight is 380 g/mol. The predicted octanol–water partition coefficient (Wildman–Crippen LogP) is 6.04. The zero-order valence-corrected chi connectivity index (χ0v) is 15.8. The lowest BCUT2D eigenvalue weighted by atomic mass is 9.84. The van der Waals surface area contributed by atoms with Gasteiger partial charge in [-0.3, -0.25) is 0 Å². The maximum absolute atomic E-state index is 6.35. The number of anilines is 1. The Labute approximate surface area is 163 Å². The summed E-state index contributed by atoms with van der Waals surface area (Å²) in [7, 11) is 0. The molecule has 4 heteroatoms. The van der Waals surface area contributed by atoms with Gasteiger partial charge in [0, 0.05) is 21.6 Å². The molecule has 0 bridgehead atoms. The summed E-state index contributed by atoms with van der Waals surface area (Å²) >= 11 is 11.3. The van der Waals surface area contributed by atoms with E-state index in [-0.39, 0.29) is 6.23 Å². The highest BCUT2D eigenvalue weighted by molar-refractivity contribution is 7.79. The third-order valence-electron chi connectivity index (χ3n) is 4.80. The highest BCUT2D eigenvalue weighted by Crippen LogP contribution is 2.43. The van der Waals surface area contributed by atoms with E-state index in [1.807, 2.05) is 36.4 Å². The molecule has 1 N–H and O–H groups in total. The second-order valence-corrected chi connectivity index (χ2v) is 7.20. The first-order valence-corrected chi connectivity index (χ1v) is 9.31. The third-order valence-corrected chi connectivity index (χ3v) is 5.28. The van der Waals surface area contributed by atoms with Crippen LogP contribution in [0, 0.1) is 0 Å². The van der Waals surface area contributed by atoms with Crippen molar-refractivity contribution in [2.75, 3.05) is 5.32 Å². The van der Waals surface area contributed by atoms with Gasteiger partial charge in [-0.15, -0.1) is 0 Å². The van der Waals surface area contributed by atoms with Crippen molar-refractivity contribution in [2.24, 2.45) is 0 Å². The van der Waals surface area contributed by atoms with Crippen LogP contribution in [-0.2, 0) is 10.3 Å². The van der Waals surface area contributed by atoms with Gasteiger partial charge in [0.2, 0.25) is 0 Å². The SMILES string of the molecule is CC1(c2ccccc2)OC(C=S)Nc2ccc(-c3cccc(Cl)c3)cc21. The van der Waals surface area contributed by atoms with Crippen LogP contribution < -0.4 is 5.32 Å². The van der Waals surface area contributed by atoms with Crippen LogP contribution in [0.25, 0.3) is 11.1 Å². The second-order valence-electron chi connectivity index (χ2n) is 6.49. The predicted molar refractivity (Wildman–Crippen MR) is 112 cm³/mol. The van der Waals surface area contributed by atoms with E-state index in [1.54, 1.807) is 5.37 Å². The molecule has 0 aromatic heterocycles.